The first-order valence-electron chi connectivity index (χ1n) is 8.60. The van der Waals surface area contributed by atoms with Gasteiger partial charge in [0.25, 0.3) is 0 Å². The van der Waals surface area contributed by atoms with Gasteiger partial charge >= 0.3 is 0 Å². The lowest BCUT2D eigenvalue weighted by atomic mass is 10.0. The molecule has 0 aliphatic carbocycles. The summed E-state index contributed by atoms with van der Waals surface area (Å²) in [7, 11) is -2.03. The standard InChI is InChI=1S/C20H26N2O4S/c1-14-10-11-19(26-4)17(12-14)16(3)21-20(23)13-22(27(5,24)25)18-9-7-6-8-15(18)2/h6-12,16H,13H2,1-5H3,(H,21,23)/t16-/m1/s1. The zero-order chi connectivity index (χ0) is 20.2. The number of rotatable bonds is 7. The summed E-state index contributed by atoms with van der Waals surface area (Å²) in [5.41, 5.74) is 3.16. The van der Waals surface area contributed by atoms with Crippen LogP contribution in [0, 0.1) is 13.8 Å². The molecule has 27 heavy (non-hydrogen) atoms. The fourth-order valence-electron chi connectivity index (χ4n) is 2.91. The van der Waals surface area contributed by atoms with E-state index in [1.165, 1.54) is 0 Å². The van der Waals surface area contributed by atoms with E-state index in [-0.39, 0.29) is 18.5 Å². The fourth-order valence-corrected chi connectivity index (χ4v) is 3.83. The van der Waals surface area contributed by atoms with Gasteiger partial charge in [0, 0.05) is 5.56 Å². The van der Waals surface area contributed by atoms with Crippen LogP contribution in [0.25, 0.3) is 0 Å². The van der Waals surface area contributed by atoms with Crippen LogP contribution in [-0.4, -0.2) is 34.2 Å². The van der Waals surface area contributed by atoms with Crippen molar-refractivity contribution < 1.29 is 17.9 Å². The molecule has 146 valence electrons. The summed E-state index contributed by atoms with van der Waals surface area (Å²) in [6, 6.07) is 12.5. The molecule has 0 aromatic heterocycles. The Morgan fingerprint density at radius 2 is 1.85 bits per heavy atom. The number of methoxy groups -OCH3 is 1. The van der Waals surface area contributed by atoms with E-state index < -0.39 is 10.0 Å². The molecule has 0 bridgehead atoms. The number of aryl methyl sites for hydroxylation is 2. The van der Waals surface area contributed by atoms with Crippen LogP contribution in [0.1, 0.15) is 29.7 Å². The molecule has 0 saturated heterocycles. The number of hydrogen-bond acceptors (Lipinski definition) is 4. The molecule has 0 fully saturated rings. The maximum absolute atomic E-state index is 12.6. The Balaban J connectivity index is 2.22. The summed E-state index contributed by atoms with van der Waals surface area (Å²) in [5.74, 6) is 0.284. The Bertz CT molecular complexity index is 925. The van der Waals surface area contributed by atoms with Gasteiger partial charge in [-0.05, 0) is 38.5 Å². The van der Waals surface area contributed by atoms with E-state index in [1.807, 2.05) is 51.1 Å². The molecule has 1 amide bonds. The molecule has 1 N–H and O–H groups in total. The van der Waals surface area contributed by atoms with E-state index in [0.717, 1.165) is 27.3 Å². The average Bonchev–Trinajstić information content (AvgIpc) is 2.59. The van der Waals surface area contributed by atoms with Crippen molar-refractivity contribution in [2.75, 3.05) is 24.2 Å². The van der Waals surface area contributed by atoms with Gasteiger partial charge in [0.15, 0.2) is 0 Å². The number of hydrogen-bond donors (Lipinski definition) is 1. The molecule has 2 aromatic rings. The number of carbonyl (C=O) groups excluding carboxylic acids is 1. The summed E-state index contributed by atoms with van der Waals surface area (Å²) < 4.78 is 31.0. The van der Waals surface area contributed by atoms with Gasteiger partial charge < -0.3 is 10.1 Å². The van der Waals surface area contributed by atoms with Crippen molar-refractivity contribution in [3.8, 4) is 5.75 Å². The van der Waals surface area contributed by atoms with Gasteiger partial charge in [-0.3, -0.25) is 9.10 Å². The Hall–Kier alpha value is -2.54. The van der Waals surface area contributed by atoms with Crippen molar-refractivity contribution in [3.63, 3.8) is 0 Å². The van der Waals surface area contributed by atoms with Gasteiger partial charge in [-0.1, -0.05) is 35.9 Å². The molecular formula is C20H26N2O4S. The third kappa shape index (κ3) is 5.23. The maximum Gasteiger partial charge on any atom is 0.241 e. The number of ether oxygens (including phenoxy) is 1. The topological polar surface area (TPSA) is 75.7 Å². The van der Waals surface area contributed by atoms with Gasteiger partial charge in [0.1, 0.15) is 12.3 Å². The van der Waals surface area contributed by atoms with Crippen LogP contribution < -0.4 is 14.4 Å². The highest BCUT2D eigenvalue weighted by atomic mass is 32.2. The molecule has 0 saturated carbocycles. The largest absolute Gasteiger partial charge is 0.496 e. The second-order valence-electron chi connectivity index (χ2n) is 6.59. The average molecular weight is 391 g/mol. The van der Waals surface area contributed by atoms with Gasteiger partial charge in [0.2, 0.25) is 15.9 Å². The van der Waals surface area contributed by atoms with Crippen LogP contribution in [0.3, 0.4) is 0 Å². The predicted octanol–water partition coefficient (Wildman–Crippen LogP) is 2.96. The Kier molecular flexibility index (Phi) is 6.49. The zero-order valence-electron chi connectivity index (χ0n) is 16.3. The maximum atomic E-state index is 12.6. The van der Waals surface area contributed by atoms with Crippen molar-refractivity contribution in [3.05, 3.63) is 59.2 Å². The number of carbonyl (C=O) groups is 1. The lowest BCUT2D eigenvalue weighted by Gasteiger charge is -2.25. The molecule has 0 radical (unpaired) electrons. The molecule has 0 heterocycles. The minimum atomic E-state index is -3.61. The monoisotopic (exact) mass is 390 g/mol. The van der Waals surface area contributed by atoms with Crippen LogP contribution in [0.2, 0.25) is 0 Å². The number of anilines is 1. The molecule has 6 nitrogen and oxygen atoms in total. The molecule has 0 spiro atoms. The van der Waals surface area contributed by atoms with Crippen LogP contribution in [0.4, 0.5) is 5.69 Å². The van der Waals surface area contributed by atoms with Crippen molar-refractivity contribution >= 4 is 21.6 Å². The van der Waals surface area contributed by atoms with E-state index in [1.54, 1.807) is 19.2 Å². The van der Waals surface area contributed by atoms with Crippen molar-refractivity contribution in [2.45, 2.75) is 26.8 Å². The third-order valence-corrected chi connectivity index (χ3v) is 5.43. The summed E-state index contributed by atoms with van der Waals surface area (Å²) in [5, 5.41) is 2.86. The minimum absolute atomic E-state index is 0.290. The highest BCUT2D eigenvalue weighted by molar-refractivity contribution is 7.92. The Morgan fingerprint density at radius 3 is 2.44 bits per heavy atom. The van der Waals surface area contributed by atoms with E-state index >= 15 is 0 Å². The first-order chi connectivity index (χ1) is 12.6. The third-order valence-electron chi connectivity index (χ3n) is 4.30. The zero-order valence-corrected chi connectivity index (χ0v) is 17.1. The number of amides is 1. The first kappa shape index (κ1) is 20.8. The normalized spacial score (nSPS) is 12.3. The molecule has 0 aliphatic rings. The fraction of sp³-hybridized carbons (Fsp3) is 0.350. The van der Waals surface area contributed by atoms with E-state index in [2.05, 4.69) is 5.32 Å². The molecular weight excluding hydrogens is 364 g/mol. The second-order valence-corrected chi connectivity index (χ2v) is 8.50. The summed E-state index contributed by atoms with van der Waals surface area (Å²) in [6.45, 7) is 5.32. The van der Waals surface area contributed by atoms with Crippen molar-refractivity contribution in [2.24, 2.45) is 0 Å². The summed E-state index contributed by atoms with van der Waals surface area (Å²) >= 11 is 0. The van der Waals surface area contributed by atoms with Crippen LogP contribution >= 0.6 is 0 Å². The van der Waals surface area contributed by atoms with Gasteiger partial charge in [-0.25, -0.2) is 8.42 Å². The molecule has 2 rings (SSSR count). The quantitative estimate of drug-likeness (QED) is 0.789. The van der Waals surface area contributed by atoms with E-state index in [0.29, 0.717) is 11.4 Å². The SMILES string of the molecule is COc1ccc(C)cc1[C@@H](C)NC(=O)CN(c1ccccc1C)S(C)(=O)=O. The smallest absolute Gasteiger partial charge is 0.241 e. The Morgan fingerprint density at radius 1 is 1.19 bits per heavy atom. The number of nitrogens with zero attached hydrogens (tertiary/aromatic N) is 1. The highest BCUT2D eigenvalue weighted by Crippen LogP contribution is 2.26. The van der Waals surface area contributed by atoms with Crippen molar-refractivity contribution in [1.82, 2.24) is 5.32 Å². The summed E-state index contributed by atoms with van der Waals surface area (Å²) in [4.78, 5) is 12.6. The van der Waals surface area contributed by atoms with Gasteiger partial charge in [-0.15, -0.1) is 0 Å². The van der Waals surface area contributed by atoms with Crippen LogP contribution in [0.5, 0.6) is 5.75 Å². The lowest BCUT2D eigenvalue weighted by Crippen LogP contribution is -2.41. The van der Waals surface area contributed by atoms with Crippen LogP contribution in [-0.2, 0) is 14.8 Å². The lowest BCUT2D eigenvalue weighted by molar-refractivity contribution is -0.120. The predicted molar refractivity (Wildman–Crippen MR) is 108 cm³/mol. The van der Waals surface area contributed by atoms with Crippen LogP contribution in [0.15, 0.2) is 42.5 Å². The number of benzene rings is 2. The van der Waals surface area contributed by atoms with E-state index in [9.17, 15) is 13.2 Å². The molecule has 7 heteroatoms. The molecule has 1 atom stereocenters. The van der Waals surface area contributed by atoms with Gasteiger partial charge in [0.05, 0.1) is 25.1 Å². The number of sulfonamides is 1. The van der Waals surface area contributed by atoms with Crippen molar-refractivity contribution in [1.29, 1.82) is 0 Å². The molecule has 0 unspecified atom stereocenters. The summed E-state index contributed by atoms with van der Waals surface area (Å²) in [6.07, 6.45) is 1.10. The number of para-hydroxylation sites is 1. The Labute approximate surface area is 161 Å². The van der Waals surface area contributed by atoms with E-state index in [4.69, 9.17) is 4.74 Å². The highest BCUT2D eigenvalue weighted by Gasteiger charge is 2.23. The molecule has 2 aromatic carbocycles. The van der Waals surface area contributed by atoms with Gasteiger partial charge in [-0.2, -0.15) is 0 Å². The second kappa shape index (κ2) is 8.43. The molecule has 0 aliphatic heterocycles. The first-order valence-corrected chi connectivity index (χ1v) is 10.5. The minimum Gasteiger partial charge on any atom is -0.496 e. The number of nitrogens with one attached hydrogen (secondary N) is 1.